The molecule has 0 aliphatic rings. The number of benzene rings is 2. The van der Waals surface area contributed by atoms with Gasteiger partial charge in [0, 0.05) is 0 Å². The van der Waals surface area contributed by atoms with Crippen LogP contribution in [-0.2, 0) is 11.3 Å². The van der Waals surface area contributed by atoms with Gasteiger partial charge in [-0.05, 0) is 18.1 Å². The molecule has 3 nitrogen and oxygen atoms in total. The minimum absolute atomic E-state index is 0.241. The standard InChI is InChI=1S/C16H15NO2/c1-13(15-10-6-3-7-11-15)17-16(18)19-12-14-8-4-2-5-9-14/h2-11H,12H2,1H3/b17-13+. The van der Waals surface area contributed by atoms with Crippen molar-refractivity contribution < 1.29 is 9.53 Å². The van der Waals surface area contributed by atoms with E-state index in [1.807, 2.05) is 60.7 Å². The summed E-state index contributed by atoms with van der Waals surface area (Å²) in [6, 6.07) is 19.1. The monoisotopic (exact) mass is 253 g/mol. The summed E-state index contributed by atoms with van der Waals surface area (Å²) >= 11 is 0. The summed E-state index contributed by atoms with van der Waals surface area (Å²) in [6.45, 7) is 2.03. The van der Waals surface area contributed by atoms with E-state index in [1.165, 1.54) is 0 Å². The van der Waals surface area contributed by atoms with E-state index in [1.54, 1.807) is 6.92 Å². The van der Waals surface area contributed by atoms with Crippen molar-refractivity contribution in [3.8, 4) is 0 Å². The highest BCUT2D eigenvalue weighted by atomic mass is 16.5. The molecule has 0 spiro atoms. The average Bonchev–Trinajstić information content (AvgIpc) is 2.47. The van der Waals surface area contributed by atoms with E-state index in [-0.39, 0.29) is 6.61 Å². The number of aliphatic imine (C=N–C) groups is 1. The van der Waals surface area contributed by atoms with E-state index in [2.05, 4.69) is 4.99 Å². The molecule has 0 N–H and O–H groups in total. The third-order valence-corrected chi connectivity index (χ3v) is 2.66. The summed E-state index contributed by atoms with van der Waals surface area (Å²) in [4.78, 5) is 15.5. The van der Waals surface area contributed by atoms with Crippen LogP contribution < -0.4 is 0 Å². The minimum Gasteiger partial charge on any atom is -0.443 e. The Morgan fingerprint density at radius 3 is 2.21 bits per heavy atom. The van der Waals surface area contributed by atoms with Crippen LogP contribution in [0.1, 0.15) is 18.1 Å². The van der Waals surface area contributed by atoms with E-state index >= 15 is 0 Å². The van der Waals surface area contributed by atoms with Gasteiger partial charge in [-0.25, -0.2) is 4.79 Å². The molecule has 2 rings (SSSR count). The number of hydrogen-bond donors (Lipinski definition) is 0. The van der Waals surface area contributed by atoms with Crippen LogP contribution in [-0.4, -0.2) is 11.8 Å². The lowest BCUT2D eigenvalue weighted by Crippen LogP contribution is -2.04. The Labute approximate surface area is 112 Å². The predicted molar refractivity (Wildman–Crippen MR) is 75.3 cm³/mol. The third-order valence-electron chi connectivity index (χ3n) is 2.66. The van der Waals surface area contributed by atoms with Crippen molar-refractivity contribution in [2.24, 2.45) is 4.99 Å². The number of hydrogen-bond acceptors (Lipinski definition) is 2. The van der Waals surface area contributed by atoms with Gasteiger partial charge >= 0.3 is 6.09 Å². The van der Waals surface area contributed by atoms with Crippen molar-refractivity contribution >= 4 is 11.8 Å². The minimum atomic E-state index is -0.565. The van der Waals surface area contributed by atoms with E-state index in [4.69, 9.17) is 4.74 Å². The van der Waals surface area contributed by atoms with Crippen LogP contribution in [0, 0.1) is 0 Å². The van der Waals surface area contributed by atoms with Crippen LogP contribution in [0.4, 0.5) is 4.79 Å². The molecule has 0 unspecified atom stereocenters. The zero-order valence-electron chi connectivity index (χ0n) is 10.7. The molecule has 0 radical (unpaired) electrons. The lowest BCUT2D eigenvalue weighted by atomic mass is 10.1. The first kappa shape index (κ1) is 13.0. The van der Waals surface area contributed by atoms with Gasteiger partial charge in [0.05, 0.1) is 5.71 Å². The van der Waals surface area contributed by atoms with E-state index in [9.17, 15) is 4.79 Å². The van der Waals surface area contributed by atoms with Crippen LogP contribution in [0.15, 0.2) is 65.7 Å². The third kappa shape index (κ3) is 4.07. The number of rotatable bonds is 3. The SMILES string of the molecule is C/C(=N\C(=O)OCc1ccccc1)c1ccccc1. The number of carbonyl (C=O) groups excluding carboxylic acids is 1. The fourth-order valence-corrected chi connectivity index (χ4v) is 1.63. The van der Waals surface area contributed by atoms with Gasteiger partial charge in [0.1, 0.15) is 6.61 Å². The van der Waals surface area contributed by atoms with Gasteiger partial charge in [-0.2, -0.15) is 4.99 Å². The van der Waals surface area contributed by atoms with Gasteiger partial charge < -0.3 is 4.74 Å². The Balaban J connectivity index is 1.94. The highest BCUT2D eigenvalue weighted by molar-refractivity contribution is 6.03. The van der Waals surface area contributed by atoms with Crippen molar-refractivity contribution in [3.63, 3.8) is 0 Å². The van der Waals surface area contributed by atoms with Crippen molar-refractivity contribution in [2.75, 3.05) is 0 Å². The van der Waals surface area contributed by atoms with Gasteiger partial charge in [0.2, 0.25) is 0 Å². The van der Waals surface area contributed by atoms with Gasteiger partial charge in [0.25, 0.3) is 0 Å². The summed E-state index contributed by atoms with van der Waals surface area (Å²) in [5.41, 5.74) is 2.52. The summed E-state index contributed by atoms with van der Waals surface area (Å²) in [5, 5.41) is 0. The smallest absolute Gasteiger partial charge is 0.434 e. The highest BCUT2D eigenvalue weighted by Crippen LogP contribution is 2.04. The summed E-state index contributed by atoms with van der Waals surface area (Å²) < 4.78 is 5.09. The zero-order chi connectivity index (χ0) is 13.5. The molecular formula is C16H15NO2. The van der Waals surface area contributed by atoms with Gasteiger partial charge in [0.15, 0.2) is 0 Å². The van der Waals surface area contributed by atoms with E-state index in [0.717, 1.165) is 11.1 Å². The van der Waals surface area contributed by atoms with Crippen molar-refractivity contribution in [3.05, 3.63) is 71.8 Å². The first-order chi connectivity index (χ1) is 9.25. The largest absolute Gasteiger partial charge is 0.443 e. The lowest BCUT2D eigenvalue weighted by Gasteiger charge is -2.03. The quantitative estimate of drug-likeness (QED) is 0.780. The summed E-state index contributed by atoms with van der Waals surface area (Å²) in [7, 11) is 0. The van der Waals surface area contributed by atoms with Gasteiger partial charge in [-0.15, -0.1) is 0 Å². The Kier molecular flexibility index (Phi) is 4.45. The second-order valence-corrected chi connectivity index (χ2v) is 4.10. The molecule has 0 aromatic heterocycles. The van der Waals surface area contributed by atoms with Crippen LogP contribution >= 0.6 is 0 Å². The Hall–Kier alpha value is -2.42. The molecule has 3 heteroatoms. The van der Waals surface area contributed by atoms with E-state index < -0.39 is 6.09 Å². The van der Waals surface area contributed by atoms with Crippen LogP contribution in [0.3, 0.4) is 0 Å². The number of nitrogens with zero attached hydrogens (tertiary/aromatic N) is 1. The Morgan fingerprint density at radius 2 is 1.58 bits per heavy atom. The molecule has 2 aromatic rings. The molecule has 0 aliphatic carbocycles. The molecule has 1 amide bonds. The molecule has 0 saturated heterocycles. The Bertz CT molecular complexity index is 562. The van der Waals surface area contributed by atoms with Crippen molar-refractivity contribution in [1.82, 2.24) is 0 Å². The first-order valence-electron chi connectivity index (χ1n) is 6.07. The topological polar surface area (TPSA) is 38.7 Å². The average molecular weight is 253 g/mol. The Morgan fingerprint density at radius 1 is 1.00 bits per heavy atom. The van der Waals surface area contributed by atoms with Crippen molar-refractivity contribution in [1.29, 1.82) is 0 Å². The fourth-order valence-electron chi connectivity index (χ4n) is 1.63. The molecular weight excluding hydrogens is 238 g/mol. The van der Waals surface area contributed by atoms with Crippen LogP contribution in [0.2, 0.25) is 0 Å². The molecule has 0 fully saturated rings. The molecule has 0 bridgehead atoms. The van der Waals surface area contributed by atoms with E-state index in [0.29, 0.717) is 5.71 Å². The second-order valence-electron chi connectivity index (χ2n) is 4.10. The number of carbonyl (C=O) groups is 1. The maximum absolute atomic E-state index is 11.6. The molecule has 0 atom stereocenters. The normalized spacial score (nSPS) is 11.1. The maximum Gasteiger partial charge on any atom is 0.434 e. The van der Waals surface area contributed by atoms with Gasteiger partial charge in [-0.1, -0.05) is 60.7 Å². The molecule has 96 valence electrons. The molecule has 19 heavy (non-hydrogen) atoms. The van der Waals surface area contributed by atoms with Crippen LogP contribution in [0.5, 0.6) is 0 Å². The number of amides is 1. The molecule has 2 aromatic carbocycles. The summed E-state index contributed by atoms with van der Waals surface area (Å²) in [5.74, 6) is 0. The fraction of sp³-hybridized carbons (Fsp3) is 0.125. The molecule has 0 heterocycles. The summed E-state index contributed by atoms with van der Waals surface area (Å²) in [6.07, 6.45) is -0.565. The second kappa shape index (κ2) is 6.50. The maximum atomic E-state index is 11.6. The highest BCUT2D eigenvalue weighted by Gasteiger charge is 2.03. The lowest BCUT2D eigenvalue weighted by molar-refractivity contribution is 0.151. The number of ether oxygens (including phenoxy) is 1. The first-order valence-corrected chi connectivity index (χ1v) is 6.07. The van der Waals surface area contributed by atoms with Crippen LogP contribution in [0.25, 0.3) is 0 Å². The van der Waals surface area contributed by atoms with Gasteiger partial charge in [-0.3, -0.25) is 0 Å². The predicted octanol–water partition coefficient (Wildman–Crippen LogP) is 3.83. The zero-order valence-corrected chi connectivity index (χ0v) is 10.7. The molecule has 0 saturated carbocycles. The molecule has 0 aliphatic heterocycles. The van der Waals surface area contributed by atoms with Crippen molar-refractivity contribution in [2.45, 2.75) is 13.5 Å².